The van der Waals surface area contributed by atoms with Gasteiger partial charge in [-0.1, -0.05) is 26.0 Å². The van der Waals surface area contributed by atoms with Gasteiger partial charge in [-0.25, -0.2) is 0 Å². The average Bonchev–Trinajstić information content (AvgIpc) is 3.00. The minimum Gasteiger partial charge on any atom is -0.493 e. The summed E-state index contributed by atoms with van der Waals surface area (Å²) in [6, 6.07) is 10.3. The monoisotopic (exact) mass is 315 g/mol. The molecule has 3 nitrogen and oxygen atoms in total. The van der Waals surface area contributed by atoms with Crippen LogP contribution < -0.4 is 10.1 Å². The third-order valence-corrected chi connectivity index (χ3v) is 4.08. The maximum Gasteiger partial charge on any atom is 0.122 e. The Labute approximate surface area is 140 Å². The van der Waals surface area contributed by atoms with Crippen molar-refractivity contribution in [3.8, 4) is 5.75 Å². The predicted molar refractivity (Wildman–Crippen MR) is 94.8 cm³/mol. The lowest BCUT2D eigenvalue weighted by Gasteiger charge is -2.25. The molecule has 0 amide bonds. The maximum atomic E-state index is 5.94. The normalized spacial score (nSPS) is 11.7. The van der Waals surface area contributed by atoms with Gasteiger partial charge in [-0.15, -0.1) is 0 Å². The standard InChI is InChI=1S/C20H29NO2/c1-16-8-9-17(2)19(13-16)23-12-6-10-20(3,4)15-21-14-18-7-5-11-22-18/h5,7-9,11,13,21H,6,10,12,14-15H2,1-4H3. The van der Waals surface area contributed by atoms with Crippen molar-refractivity contribution in [3.05, 3.63) is 53.5 Å². The Hall–Kier alpha value is -1.74. The molecule has 2 aromatic rings. The molecule has 0 radical (unpaired) electrons. The van der Waals surface area contributed by atoms with Gasteiger partial charge >= 0.3 is 0 Å². The zero-order chi connectivity index (χ0) is 16.7. The van der Waals surface area contributed by atoms with Crippen molar-refractivity contribution in [1.82, 2.24) is 5.32 Å². The molecule has 0 fully saturated rings. The molecular weight excluding hydrogens is 286 g/mol. The average molecular weight is 315 g/mol. The van der Waals surface area contributed by atoms with E-state index >= 15 is 0 Å². The Morgan fingerprint density at radius 3 is 2.74 bits per heavy atom. The first kappa shape index (κ1) is 17.6. The molecule has 0 aliphatic carbocycles. The Morgan fingerprint density at radius 2 is 2.00 bits per heavy atom. The number of nitrogens with one attached hydrogen (secondary N) is 1. The summed E-state index contributed by atoms with van der Waals surface area (Å²) in [4.78, 5) is 0. The summed E-state index contributed by atoms with van der Waals surface area (Å²) in [5, 5.41) is 3.47. The molecule has 2 rings (SSSR count). The smallest absolute Gasteiger partial charge is 0.122 e. The fourth-order valence-corrected chi connectivity index (χ4v) is 2.62. The fourth-order valence-electron chi connectivity index (χ4n) is 2.62. The van der Waals surface area contributed by atoms with E-state index in [2.05, 4.69) is 51.2 Å². The van der Waals surface area contributed by atoms with Crippen molar-refractivity contribution >= 4 is 0 Å². The second-order valence-corrected chi connectivity index (χ2v) is 7.07. The summed E-state index contributed by atoms with van der Waals surface area (Å²) in [6.45, 7) is 11.3. The van der Waals surface area contributed by atoms with E-state index in [0.29, 0.717) is 0 Å². The number of rotatable bonds is 9. The summed E-state index contributed by atoms with van der Waals surface area (Å²) >= 11 is 0. The van der Waals surface area contributed by atoms with E-state index in [0.717, 1.165) is 44.0 Å². The number of benzene rings is 1. The van der Waals surface area contributed by atoms with Crippen molar-refractivity contribution in [1.29, 1.82) is 0 Å². The van der Waals surface area contributed by atoms with Crippen LogP contribution in [0, 0.1) is 19.3 Å². The van der Waals surface area contributed by atoms with Gasteiger partial charge in [-0.2, -0.15) is 0 Å². The lowest BCUT2D eigenvalue weighted by molar-refractivity contribution is 0.247. The topological polar surface area (TPSA) is 34.4 Å². The second kappa shape index (κ2) is 8.21. The summed E-state index contributed by atoms with van der Waals surface area (Å²) in [5.74, 6) is 2.00. The summed E-state index contributed by atoms with van der Waals surface area (Å²) in [7, 11) is 0. The molecule has 1 heterocycles. The van der Waals surface area contributed by atoms with Crippen LogP contribution >= 0.6 is 0 Å². The van der Waals surface area contributed by atoms with Crippen LogP contribution in [0.4, 0.5) is 0 Å². The SMILES string of the molecule is Cc1ccc(C)c(OCCCC(C)(C)CNCc2ccco2)c1. The molecule has 0 aliphatic heterocycles. The van der Waals surface area contributed by atoms with Crippen molar-refractivity contribution < 1.29 is 9.15 Å². The zero-order valence-corrected chi connectivity index (χ0v) is 14.8. The van der Waals surface area contributed by atoms with E-state index < -0.39 is 0 Å². The molecule has 3 heteroatoms. The van der Waals surface area contributed by atoms with Gasteiger partial charge in [0.1, 0.15) is 11.5 Å². The largest absolute Gasteiger partial charge is 0.493 e. The molecule has 0 unspecified atom stereocenters. The minimum atomic E-state index is 0.248. The van der Waals surface area contributed by atoms with E-state index in [9.17, 15) is 0 Å². The quantitative estimate of drug-likeness (QED) is 0.670. The van der Waals surface area contributed by atoms with Crippen LogP contribution in [0.5, 0.6) is 5.75 Å². The van der Waals surface area contributed by atoms with E-state index in [4.69, 9.17) is 9.15 Å². The summed E-state index contributed by atoms with van der Waals surface area (Å²) < 4.78 is 11.3. The molecule has 1 aromatic carbocycles. The van der Waals surface area contributed by atoms with Gasteiger partial charge in [-0.3, -0.25) is 0 Å². The van der Waals surface area contributed by atoms with Gasteiger partial charge in [0.2, 0.25) is 0 Å². The Bertz CT molecular complexity index is 588. The highest BCUT2D eigenvalue weighted by molar-refractivity contribution is 5.35. The van der Waals surface area contributed by atoms with Crippen molar-refractivity contribution in [2.75, 3.05) is 13.2 Å². The van der Waals surface area contributed by atoms with Crippen LogP contribution in [0.3, 0.4) is 0 Å². The summed E-state index contributed by atoms with van der Waals surface area (Å²) in [5.41, 5.74) is 2.69. The van der Waals surface area contributed by atoms with Crippen LogP contribution in [0.15, 0.2) is 41.0 Å². The van der Waals surface area contributed by atoms with Crippen molar-refractivity contribution in [2.45, 2.75) is 47.1 Å². The Morgan fingerprint density at radius 1 is 1.17 bits per heavy atom. The van der Waals surface area contributed by atoms with Gasteiger partial charge in [0.15, 0.2) is 0 Å². The molecule has 0 saturated carbocycles. The van der Waals surface area contributed by atoms with Gasteiger partial charge < -0.3 is 14.5 Å². The number of ether oxygens (including phenoxy) is 1. The summed E-state index contributed by atoms with van der Waals surface area (Å²) in [6.07, 6.45) is 3.90. The van der Waals surface area contributed by atoms with Crippen LogP contribution in [-0.2, 0) is 6.54 Å². The van der Waals surface area contributed by atoms with Crippen molar-refractivity contribution in [3.63, 3.8) is 0 Å². The van der Waals surface area contributed by atoms with Crippen LogP contribution in [0.25, 0.3) is 0 Å². The highest BCUT2D eigenvalue weighted by Crippen LogP contribution is 2.23. The lowest BCUT2D eigenvalue weighted by atomic mass is 9.88. The molecule has 0 saturated heterocycles. The Balaban J connectivity index is 1.66. The molecule has 0 atom stereocenters. The third-order valence-electron chi connectivity index (χ3n) is 4.08. The van der Waals surface area contributed by atoms with Crippen LogP contribution in [0.1, 0.15) is 43.6 Å². The molecule has 23 heavy (non-hydrogen) atoms. The molecular formula is C20H29NO2. The first-order valence-electron chi connectivity index (χ1n) is 8.39. The fraction of sp³-hybridized carbons (Fsp3) is 0.500. The minimum absolute atomic E-state index is 0.248. The van der Waals surface area contributed by atoms with Gasteiger partial charge in [0.25, 0.3) is 0 Å². The molecule has 0 aliphatic rings. The second-order valence-electron chi connectivity index (χ2n) is 7.07. The maximum absolute atomic E-state index is 5.94. The highest BCUT2D eigenvalue weighted by atomic mass is 16.5. The van der Waals surface area contributed by atoms with Crippen molar-refractivity contribution in [2.24, 2.45) is 5.41 Å². The molecule has 0 bridgehead atoms. The number of aryl methyl sites for hydroxylation is 2. The third kappa shape index (κ3) is 6.11. The number of hydrogen-bond donors (Lipinski definition) is 1. The van der Waals surface area contributed by atoms with E-state index in [1.807, 2.05) is 12.1 Å². The first-order chi connectivity index (χ1) is 11.0. The Kier molecular flexibility index (Phi) is 6.28. The molecule has 0 spiro atoms. The van der Waals surface area contributed by atoms with E-state index in [-0.39, 0.29) is 5.41 Å². The van der Waals surface area contributed by atoms with Crippen LogP contribution in [0.2, 0.25) is 0 Å². The van der Waals surface area contributed by atoms with E-state index in [1.54, 1.807) is 6.26 Å². The first-order valence-corrected chi connectivity index (χ1v) is 8.39. The van der Waals surface area contributed by atoms with Gasteiger partial charge in [0, 0.05) is 6.54 Å². The molecule has 1 aromatic heterocycles. The van der Waals surface area contributed by atoms with Gasteiger partial charge in [0.05, 0.1) is 19.4 Å². The molecule has 1 N–H and O–H groups in total. The van der Waals surface area contributed by atoms with Crippen LogP contribution in [-0.4, -0.2) is 13.2 Å². The zero-order valence-electron chi connectivity index (χ0n) is 14.8. The van der Waals surface area contributed by atoms with Gasteiger partial charge in [-0.05, 0) is 61.4 Å². The predicted octanol–water partition coefficient (Wildman–Crippen LogP) is 4.87. The van der Waals surface area contributed by atoms with E-state index in [1.165, 1.54) is 11.1 Å². The molecule has 126 valence electrons. The number of hydrogen-bond acceptors (Lipinski definition) is 3. The lowest BCUT2D eigenvalue weighted by Crippen LogP contribution is -2.29. The highest BCUT2D eigenvalue weighted by Gasteiger charge is 2.17. The number of furan rings is 1.